The van der Waals surface area contributed by atoms with Crippen LogP contribution < -0.4 is 5.32 Å². The van der Waals surface area contributed by atoms with Crippen LogP contribution in [0, 0.1) is 0 Å². The molecular formula is C18H12Cl5N6O3P. The third-order valence-electron chi connectivity index (χ3n) is 3.36. The number of hydrogen-bond donors (Lipinski definition) is 1. The van der Waals surface area contributed by atoms with E-state index in [9.17, 15) is 14.2 Å². The first-order valence-corrected chi connectivity index (χ1v) is 13.8. The Morgan fingerprint density at radius 2 is 1.27 bits per heavy atom. The van der Waals surface area contributed by atoms with Gasteiger partial charge in [0.05, 0.1) is 0 Å². The van der Waals surface area contributed by atoms with Gasteiger partial charge in [0.15, 0.2) is 5.82 Å². The lowest BCUT2D eigenvalue weighted by Crippen LogP contribution is -2.37. The van der Waals surface area contributed by atoms with Gasteiger partial charge in [-0.2, -0.15) is 4.99 Å². The first-order chi connectivity index (χ1) is 15.5. The van der Waals surface area contributed by atoms with E-state index in [1.807, 2.05) is 0 Å². The number of halogens is 5. The van der Waals surface area contributed by atoms with Crippen molar-refractivity contribution in [3.63, 3.8) is 0 Å². The molecule has 172 valence electrons. The molecule has 0 saturated carbocycles. The molecule has 4 rings (SSSR count). The zero-order valence-electron chi connectivity index (χ0n) is 16.2. The third-order valence-corrected chi connectivity index (χ3v) is 3.75. The van der Waals surface area contributed by atoms with Crippen molar-refractivity contribution in [1.29, 1.82) is 0 Å². The molecule has 0 radical (unpaired) electrons. The summed E-state index contributed by atoms with van der Waals surface area (Å²) < 4.78 is 9.51. The molecule has 2 amide bonds. The second-order valence-corrected chi connectivity index (χ2v) is 13.2. The van der Waals surface area contributed by atoms with Crippen LogP contribution in [0.3, 0.4) is 0 Å². The Labute approximate surface area is 212 Å². The second kappa shape index (κ2) is 12.9. The number of aromatic nitrogens is 4. The topological polar surface area (TPSA) is 127 Å². The zero-order valence-corrected chi connectivity index (χ0v) is 20.9. The molecule has 1 N–H and O–H groups in total. The minimum Gasteiger partial charge on any atom is -0.310 e. The summed E-state index contributed by atoms with van der Waals surface area (Å²) in [5.74, 6) is 0.0657. The van der Waals surface area contributed by atoms with Crippen LogP contribution in [0.5, 0.6) is 0 Å². The molecule has 9 nitrogen and oxygen atoms in total. The molecule has 33 heavy (non-hydrogen) atoms. The van der Waals surface area contributed by atoms with Crippen molar-refractivity contribution >= 4 is 79.8 Å². The lowest BCUT2D eigenvalue weighted by atomic mass is 10.2. The standard InChI is InChI=1S/C9H5Cl2N3.C9H7N3O2.Cl3OP/c10-7-5-8(11)14-9(13-7)6-1-3-12-4-2-6;13-7-5-8(14)12-9(11-7)6-1-3-10-4-2-6;1-5(2,3)4/h1-5H;1-4H,5H2,(H,11,12,13,14);. The molecule has 0 unspecified atom stereocenters. The predicted octanol–water partition coefficient (Wildman–Crippen LogP) is 5.53. The smallest absolute Gasteiger partial charge is 0.310 e. The van der Waals surface area contributed by atoms with E-state index in [2.05, 4.69) is 64.0 Å². The number of pyridine rings is 2. The quantitative estimate of drug-likeness (QED) is 0.245. The molecule has 1 aliphatic heterocycles. The van der Waals surface area contributed by atoms with Gasteiger partial charge in [0.1, 0.15) is 22.6 Å². The molecule has 0 spiro atoms. The molecule has 1 aliphatic rings. The van der Waals surface area contributed by atoms with Crippen LogP contribution in [0.4, 0.5) is 0 Å². The molecule has 0 atom stereocenters. The largest absolute Gasteiger partial charge is 0.339 e. The fourth-order valence-electron chi connectivity index (χ4n) is 2.17. The fourth-order valence-corrected chi connectivity index (χ4v) is 2.60. The van der Waals surface area contributed by atoms with Crippen LogP contribution >= 0.6 is 62.1 Å². The van der Waals surface area contributed by atoms with Gasteiger partial charge >= 0.3 is 5.20 Å². The minimum atomic E-state index is -3.22. The maximum absolute atomic E-state index is 11.0. The number of aliphatic imine (C=N–C) groups is 1. The molecule has 0 aromatic carbocycles. The molecule has 0 saturated heterocycles. The Balaban J connectivity index is 0.000000195. The van der Waals surface area contributed by atoms with E-state index in [1.165, 1.54) is 6.07 Å². The number of amidine groups is 1. The highest BCUT2D eigenvalue weighted by atomic mass is 36.0. The first kappa shape index (κ1) is 27.1. The van der Waals surface area contributed by atoms with Crippen molar-refractivity contribution < 1.29 is 14.2 Å². The van der Waals surface area contributed by atoms with Crippen LogP contribution in [0.25, 0.3) is 11.4 Å². The molecule has 15 heteroatoms. The van der Waals surface area contributed by atoms with Gasteiger partial charge < -0.3 is 5.32 Å². The number of carbonyl (C=O) groups is 2. The fraction of sp³-hybridized carbons (Fsp3) is 0.0556. The minimum absolute atomic E-state index is 0.172. The number of nitrogens with zero attached hydrogens (tertiary/aromatic N) is 5. The van der Waals surface area contributed by atoms with Gasteiger partial charge in [0.25, 0.3) is 5.91 Å². The van der Waals surface area contributed by atoms with Crippen LogP contribution in [0.15, 0.2) is 60.1 Å². The van der Waals surface area contributed by atoms with Crippen LogP contribution in [0.2, 0.25) is 10.3 Å². The number of nitrogens with one attached hydrogen (secondary N) is 1. The molecule has 3 aromatic rings. The predicted molar refractivity (Wildman–Crippen MR) is 129 cm³/mol. The van der Waals surface area contributed by atoms with Gasteiger partial charge in [-0.05, 0) is 58.0 Å². The van der Waals surface area contributed by atoms with E-state index in [-0.39, 0.29) is 12.3 Å². The van der Waals surface area contributed by atoms with Crippen molar-refractivity contribution in [1.82, 2.24) is 25.3 Å². The molecule has 0 fully saturated rings. The van der Waals surface area contributed by atoms with Gasteiger partial charge in [0, 0.05) is 42.0 Å². The van der Waals surface area contributed by atoms with E-state index in [0.717, 1.165) is 5.56 Å². The van der Waals surface area contributed by atoms with Gasteiger partial charge in [0.2, 0.25) is 5.91 Å². The van der Waals surface area contributed by atoms with Gasteiger partial charge in [-0.1, -0.05) is 23.2 Å². The lowest BCUT2D eigenvalue weighted by molar-refractivity contribution is -0.127. The first-order valence-electron chi connectivity index (χ1n) is 8.62. The summed E-state index contributed by atoms with van der Waals surface area (Å²) in [4.78, 5) is 41.6. The Morgan fingerprint density at radius 1 is 0.818 bits per heavy atom. The Hall–Kier alpha value is -2.13. The van der Waals surface area contributed by atoms with Crippen LogP contribution in [-0.2, 0) is 14.2 Å². The highest BCUT2D eigenvalue weighted by Crippen LogP contribution is 2.61. The summed E-state index contributed by atoms with van der Waals surface area (Å²) in [7, 11) is 0. The summed E-state index contributed by atoms with van der Waals surface area (Å²) in [6, 6.07) is 8.44. The highest BCUT2D eigenvalue weighted by molar-refractivity contribution is 8.24. The molecule has 3 aromatic heterocycles. The van der Waals surface area contributed by atoms with E-state index in [4.69, 9.17) is 23.2 Å². The van der Waals surface area contributed by atoms with Gasteiger partial charge in [-0.3, -0.25) is 24.1 Å². The maximum atomic E-state index is 11.0. The summed E-state index contributed by atoms with van der Waals surface area (Å²) in [6.45, 7) is 0. The number of rotatable bonds is 2. The Kier molecular flexibility index (Phi) is 10.6. The summed E-state index contributed by atoms with van der Waals surface area (Å²) in [6.07, 6.45) is 6.29. The number of hydrogen-bond acceptors (Lipinski definition) is 7. The average Bonchev–Trinajstić information content (AvgIpc) is 2.73. The maximum Gasteiger partial charge on any atom is 0.339 e. The Morgan fingerprint density at radius 3 is 1.73 bits per heavy atom. The monoisotopic (exact) mass is 566 g/mol. The molecule has 4 heterocycles. The zero-order chi connectivity index (χ0) is 24.4. The van der Waals surface area contributed by atoms with Crippen molar-refractivity contribution in [2.75, 3.05) is 0 Å². The SMILES string of the molecule is Clc1cc(Cl)nc(-c2ccncc2)n1.O=C1CC(=O)NC(c2ccncc2)=N1.O=P(Cl)(Cl)Cl. The van der Waals surface area contributed by atoms with E-state index in [1.54, 1.807) is 49.1 Å². The normalized spacial score (nSPS) is 12.9. The third kappa shape index (κ3) is 11.0. The van der Waals surface area contributed by atoms with Crippen molar-refractivity contribution in [2.45, 2.75) is 6.42 Å². The number of amides is 2. The van der Waals surface area contributed by atoms with E-state index in [0.29, 0.717) is 27.5 Å². The summed E-state index contributed by atoms with van der Waals surface area (Å²) >= 11 is 25.3. The van der Waals surface area contributed by atoms with Crippen molar-refractivity contribution in [3.8, 4) is 11.4 Å². The summed E-state index contributed by atoms with van der Waals surface area (Å²) in [5.41, 5.74) is 1.52. The van der Waals surface area contributed by atoms with Crippen molar-refractivity contribution in [2.24, 2.45) is 4.99 Å². The second-order valence-electron chi connectivity index (χ2n) is 5.79. The highest BCUT2D eigenvalue weighted by Gasteiger charge is 2.18. The van der Waals surface area contributed by atoms with Crippen molar-refractivity contribution in [3.05, 3.63) is 71.0 Å². The van der Waals surface area contributed by atoms with E-state index < -0.39 is 11.1 Å². The van der Waals surface area contributed by atoms with E-state index >= 15 is 0 Å². The molecular weight excluding hydrogens is 556 g/mol. The van der Waals surface area contributed by atoms with Crippen LogP contribution in [0.1, 0.15) is 12.0 Å². The Bertz CT molecular complexity index is 1170. The summed E-state index contributed by atoms with van der Waals surface area (Å²) in [5, 5.41) is -0.0359. The molecule has 0 bridgehead atoms. The molecule has 0 aliphatic carbocycles. The van der Waals surface area contributed by atoms with Gasteiger partial charge in [-0.25, -0.2) is 9.97 Å². The van der Waals surface area contributed by atoms with Gasteiger partial charge in [-0.15, -0.1) is 0 Å². The average molecular weight is 569 g/mol. The lowest BCUT2D eigenvalue weighted by Gasteiger charge is -2.11. The van der Waals surface area contributed by atoms with Crippen LogP contribution in [-0.4, -0.2) is 37.6 Å². The number of carbonyl (C=O) groups excluding carboxylic acids is 2.